The lowest BCUT2D eigenvalue weighted by molar-refractivity contribution is 0.0949. The molecule has 1 aliphatic heterocycles. The van der Waals surface area contributed by atoms with Crippen molar-refractivity contribution in [3.05, 3.63) is 84.3 Å². The number of hydrogen-bond donors (Lipinski definition) is 1. The van der Waals surface area contributed by atoms with Gasteiger partial charge < -0.3 is 15.0 Å². The van der Waals surface area contributed by atoms with Crippen molar-refractivity contribution in [2.24, 2.45) is 0 Å². The second-order valence-electron chi connectivity index (χ2n) is 9.05. The minimum absolute atomic E-state index is 0.171. The van der Waals surface area contributed by atoms with Gasteiger partial charge in [-0.1, -0.05) is 24.3 Å². The van der Waals surface area contributed by atoms with E-state index in [2.05, 4.69) is 26.3 Å². The number of carbonyl (C=O) groups excluding carboxylic acids is 1. The van der Waals surface area contributed by atoms with E-state index in [-0.39, 0.29) is 5.91 Å². The lowest BCUT2D eigenvalue weighted by Crippen LogP contribution is -2.29. The maximum absolute atomic E-state index is 13.2. The quantitative estimate of drug-likeness (QED) is 0.349. The summed E-state index contributed by atoms with van der Waals surface area (Å²) in [4.78, 5) is 29.3. The van der Waals surface area contributed by atoms with Crippen LogP contribution in [0.4, 0.5) is 0 Å². The molecule has 1 aliphatic rings. The summed E-state index contributed by atoms with van der Waals surface area (Å²) in [5.74, 6) is 1.70. The number of nitrogens with zero attached hydrogens (tertiary/aromatic N) is 4. The molecule has 7 nitrogen and oxygen atoms in total. The molecule has 0 saturated carbocycles. The van der Waals surface area contributed by atoms with Crippen LogP contribution in [0.1, 0.15) is 41.7 Å². The molecule has 1 fully saturated rings. The fourth-order valence-electron chi connectivity index (χ4n) is 4.76. The van der Waals surface area contributed by atoms with E-state index in [1.807, 2.05) is 73.9 Å². The first-order valence-electron chi connectivity index (χ1n) is 12.6. The number of aromatic nitrogens is 3. The molecule has 7 heteroatoms. The standard InChI is InChI=1S/C29H31N5O2/c1-2-36-24-12-10-21(11-13-24)28-32-26-9-4-3-8-25(26)27(33-28)29(35)31-16-6-17-34-18-14-23(20-34)22-7-5-15-30-19-22/h3-5,7-13,15,19,23H,2,6,14,16-18,20H2,1H3,(H,31,35)/t23-/m1/s1. The molecule has 3 heterocycles. The first kappa shape index (κ1) is 23.9. The molecule has 0 radical (unpaired) electrons. The zero-order valence-electron chi connectivity index (χ0n) is 20.6. The number of hydrogen-bond acceptors (Lipinski definition) is 6. The number of pyridine rings is 1. The van der Waals surface area contributed by atoms with Crippen molar-refractivity contribution in [3.63, 3.8) is 0 Å². The second kappa shape index (κ2) is 11.3. The van der Waals surface area contributed by atoms with E-state index in [4.69, 9.17) is 9.72 Å². The normalized spacial score (nSPS) is 15.8. The number of para-hydroxylation sites is 1. The number of fused-ring (bicyclic) bond motifs is 1. The van der Waals surface area contributed by atoms with Crippen molar-refractivity contribution in [1.29, 1.82) is 0 Å². The largest absolute Gasteiger partial charge is 0.494 e. The number of nitrogens with one attached hydrogen (secondary N) is 1. The molecule has 0 unspecified atom stereocenters. The Labute approximate surface area is 211 Å². The highest BCUT2D eigenvalue weighted by atomic mass is 16.5. The van der Waals surface area contributed by atoms with Crippen molar-refractivity contribution in [2.45, 2.75) is 25.7 Å². The van der Waals surface area contributed by atoms with Gasteiger partial charge in [0, 0.05) is 36.4 Å². The van der Waals surface area contributed by atoms with Crippen LogP contribution < -0.4 is 10.1 Å². The predicted molar refractivity (Wildman–Crippen MR) is 141 cm³/mol. The van der Waals surface area contributed by atoms with Crippen LogP contribution in [0.3, 0.4) is 0 Å². The van der Waals surface area contributed by atoms with Gasteiger partial charge in [-0.15, -0.1) is 0 Å². The van der Waals surface area contributed by atoms with Crippen LogP contribution in [0.25, 0.3) is 22.3 Å². The van der Waals surface area contributed by atoms with Gasteiger partial charge in [-0.3, -0.25) is 9.78 Å². The maximum atomic E-state index is 13.2. The molecular weight excluding hydrogens is 450 g/mol. The molecule has 184 valence electrons. The molecule has 4 aromatic rings. The highest BCUT2D eigenvalue weighted by Crippen LogP contribution is 2.26. The van der Waals surface area contributed by atoms with Gasteiger partial charge in [0.05, 0.1) is 12.1 Å². The third-order valence-electron chi connectivity index (χ3n) is 6.61. The van der Waals surface area contributed by atoms with E-state index in [0.29, 0.717) is 30.6 Å². The Morgan fingerprint density at radius 3 is 2.75 bits per heavy atom. The van der Waals surface area contributed by atoms with Gasteiger partial charge in [0.2, 0.25) is 0 Å². The summed E-state index contributed by atoms with van der Waals surface area (Å²) in [7, 11) is 0. The highest BCUT2D eigenvalue weighted by molar-refractivity contribution is 6.04. The van der Waals surface area contributed by atoms with Crippen LogP contribution in [-0.4, -0.2) is 58.5 Å². The molecule has 2 aromatic heterocycles. The molecule has 36 heavy (non-hydrogen) atoms. The zero-order valence-corrected chi connectivity index (χ0v) is 20.6. The number of ether oxygens (including phenoxy) is 1. The number of amides is 1. The third-order valence-corrected chi connectivity index (χ3v) is 6.61. The minimum atomic E-state index is -0.171. The molecule has 2 aromatic carbocycles. The van der Waals surface area contributed by atoms with Gasteiger partial charge in [-0.2, -0.15) is 0 Å². The molecule has 1 N–H and O–H groups in total. The van der Waals surface area contributed by atoms with Gasteiger partial charge in [-0.05, 0) is 80.7 Å². The van der Waals surface area contributed by atoms with E-state index in [1.54, 1.807) is 0 Å². The smallest absolute Gasteiger partial charge is 0.270 e. The van der Waals surface area contributed by atoms with Gasteiger partial charge in [0.15, 0.2) is 5.82 Å². The Morgan fingerprint density at radius 1 is 1.08 bits per heavy atom. The van der Waals surface area contributed by atoms with Gasteiger partial charge in [-0.25, -0.2) is 9.97 Å². The molecule has 1 atom stereocenters. The number of likely N-dealkylation sites (tertiary alicyclic amines) is 1. The average molecular weight is 482 g/mol. The Hall–Kier alpha value is -3.84. The Morgan fingerprint density at radius 2 is 1.94 bits per heavy atom. The van der Waals surface area contributed by atoms with Crippen LogP contribution in [0.2, 0.25) is 0 Å². The van der Waals surface area contributed by atoms with E-state index in [0.717, 1.165) is 54.7 Å². The van der Waals surface area contributed by atoms with E-state index in [9.17, 15) is 4.79 Å². The summed E-state index contributed by atoms with van der Waals surface area (Å²) in [6.45, 7) is 6.24. The van der Waals surface area contributed by atoms with Crippen LogP contribution in [0.5, 0.6) is 5.75 Å². The summed E-state index contributed by atoms with van der Waals surface area (Å²) in [5.41, 5.74) is 3.31. The maximum Gasteiger partial charge on any atom is 0.270 e. The summed E-state index contributed by atoms with van der Waals surface area (Å²) in [6.07, 6.45) is 5.84. The number of carbonyl (C=O) groups is 1. The molecule has 0 spiro atoms. The molecule has 5 rings (SSSR count). The van der Waals surface area contributed by atoms with Crippen molar-refractivity contribution in [1.82, 2.24) is 25.2 Å². The number of rotatable bonds is 9. The lowest BCUT2D eigenvalue weighted by Gasteiger charge is -2.16. The SMILES string of the molecule is CCOc1ccc(-c2nc(C(=O)NCCCN3CC[C@@H](c4cccnc4)C3)c3ccccc3n2)cc1. The zero-order chi connectivity index (χ0) is 24.7. The van der Waals surface area contributed by atoms with Crippen LogP contribution >= 0.6 is 0 Å². The molecule has 1 saturated heterocycles. The van der Waals surface area contributed by atoms with Crippen LogP contribution in [0, 0.1) is 0 Å². The van der Waals surface area contributed by atoms with E-state index < -0.39 is 0 Å². The monoisotopic (exact) mass is 481 g/mol. The summed E-state index contributed by atoms with van der Waals surface area (Å²) in [5, 5.41) is 3.83. The summed E-state index contributed by atoms with van der Waals surface area (Å²) < 4.78 is 5.54. The first-order chi connectivity index (χ1) is 17.7. The fraction of sp³-hybridized carbons (Fsp3) is 0.310. The van der Waals surface area contributed by atoms with Crippen molar-refractivity contribution in [2.75, 3.05) is 32.8 Å². The Bertz CT molecular complexity index is 1310. The second-order valence-corrected chi connectivity index (χ2v) is 9.05. The summed E-state index contributed by atoms with van der Waals surface area (Å²) in [6, 6.07) is 19.5. The van der Waals surface area contributed by atoms with Crippen molar-refractivity contribution in [3.8, 4) is 17.1 Å². The van der Waals surface area contributed by atoms with Gasteiger partial charge in [0.25, 0.3) is 5.91 Å². The molecule has 1 amide bonds. The molecular formula is C29H31N5O2. The lowest BCUT2D eigenvalue weighted by atomic mass is 10.0. The first-order valence-corrected chi connectivity index (χ1v) is 12.6. The molecule has 0 aliphatic carbocycles. The topological polar surface area (TPSA) is 80.2 Å². The van der Waals surface area contributed by atoms with Gasteiger partial charge >= 0.3 is 0 Å². The van der Waals surface area contributed by atoms with E-state index in [1.165, 1.54) is 5.56 Å². The highest BCUT2D eigenvalue weighted by Gasteiger charge is 2.23. The van der Waals surface area contributed by atoms with Gasteiger partial charge in [0.1, 0.15) is 11.4 Å². The predicted octanol–water partition coefficient (Wildman–Crippen LogP) is 4.70. The minimum Gasteiger partial charge on any atom is -0.494 e. The number of benzene rings is 2. The van der Waals surface area contributed by atoms with E-state index >= 15 is 0 Å². The van der Waals surface area contributed by atoms with Crippen LogP contribution in [-0.2, 0) is 0 Å². The van der Waals surface area contributed by atoms with Crippen LogP contribution in [0.15, 0.2) is 73.1 Å². The Balaban J connectivity index is 1.22. The molecule has 0 bridgehead atoms. The Kier molecular flexibility index (Phi) is 7.47. The average Bonchev–Trinajstić information content (AvgIpc) is 3.40. The van der Waals surface area contributed by atoms with Crippen molar-refractivity contribution < 1.29 is 9.53 Å². The summed E-state index contributed by atoms with van der Waals surface area (Å²) >= 11 is 0. The third kappa shape index (κ3) is 5.52. The fourth-order valence-corrected chi connectivity index (χ4v) is 4.76. The van der Waals surface area contributed by atoms with Crippen molar-refractivity contribution >= 4 is 16.8 Å².